The number of nitrogens with one attached hydrogen (secondary N) is 2. The minimum Gasteiger partial charge on any atom is -0.382 e. The van der Waals surface area contributed by atoms with Gasteiger partial charge in [-0.25, -0.2) is 15.0 Å². The molecule has 21 heavy (non-hydrogen) atoms. The number of nitrogens with zero attached hydrogens (tertiary/aromatic N) is 4. The van der Waals surface area contributed by atoms with E-state index < -0.39 is 0 Å². The zero-order valence-electron chi connectivity index (χ0n) is 11.4. The van der Waals surface area contributed by atoms with Crippen molar-refractivity contribution >= 4 is 28.4 Å². The Bertz CT molecular complexity index is 844. The molecule has 7 nitrogen and oxygen atoms in total. The van der Waals surface area contributed by atoms with Crippen LogP contribution in [0.3, 0.4) is 0 Å². The summed E-state index contributed by atoms with van der Waals surface area (Å²) < 4.78 is 0. The number of anilines is 3. The summed E-state index contributed by atoms with van der Waals surface area (Å²) >= 11 is 0. The molecule has 0 unspecified atom stereocenters. The van der Waals surface area contributed by atoms with Crippen molar-refractivity contribution in [3.8, 4) is 6.07 Å². The highest BCUT2D eigenvalue weighted by Crippen LogP contribution is 2.24. The summed E-state index contributed by atoms with van der Waals surface area (Å²) in [7, 11) is 0. The number of aryl methyl sites for hydroxylation is 1. The van der Waals surface area contributed by atoms with E-state index >= 15 is 0 Å². The van der Waals surface area contributed by atoms with Gasteiger partial charge in [0.1, 0.15) is 23.1 Å². The first-order valence-electron chi connectivity index (χ1n) is 6.47. The smallest absolute Gasteiger partial charge is 0.154 e. The molecule has 0 saturated heterocycles. The summed E-state index contributed by atoms with van der Waals surface area (Å²) in [4.78, 5) is 15.5. The number of nitriles is 1. The van der Waals surface area contributed by atoms with Crippen molar-refractivity contribution in [1.82, 2.24) is 19.9 Å². The standard InChI is InChI=1S/C14H13N7/c1-2-8-3-9(5-15)17-6-11(8)20-12-4-10-13(14(16)21-12)19-7-18-10/h3-4,6-7H,2H2,1H3,(H,18,19)(H3,16,20,21). The molecule has 0 radical (unpaired) electrons. The Morgan fingerprint density at radius 2 is 2.24 bits per heavy atom. The Morgan fingerprint density at radius 1 is 1.38 bits per heavy atom. The van der Waals surface area contributed by atoms with E-state index in [1.807, 2.05) is 19.1 Å². The maximum atomic E-state index is 8.90. The van der Waals surface area contributed by atoms with Gasteiger partial charge in [-0.05, 0) is 18.1 Å². The summed E-state index contributed by atoms with van der Waals surface area (Å²) in [6.07, 6.45) is 3.99. The van der Waals surface area contributed by atoms with Gasteiger partial charge in [0.05, 0.1) is 23.7 Å². The fourth-order valence-electron chi connectivity index (χ4n) is 2.14. The first kappa shape index (κ1) is 12.9. The van der Waals surface area contributed by atoms with Crippen LogP contribution in [0.2, 0.25) is 0 Å². The second-order valence-electron chi connectivity index (χ2n) is 4.51. The molecule has 0 aliphatic heterocycles. The van der Waals surface area contributed by atoms with Gasteiger partial charge in [-0.2, -0.15) is 5.26 Å². The van der Waals surface area contributed by atoms with E-state index in [2.05, 4.69) is 25.3 Å². The monoisotopic (exact) mass is 279 g/mol. The van der Waals surface area contributed by atoms with Crippen molar-refractivity contribution in [3.63, 3.8) is 0 Å². The fraction of sp³-hybridized carbons (Fsp3) is 0.143. The van der Waals surface area contributed by atoms with Gasteiger partial charge in [-0.15, -0.1) is 0 Å². The molecule has 0 bridgehead atoms. The van der Waals surface area contributed by atoms with Crippen molar-refractivity contribution in [1.29, 1.82) is 5.26 Å². The molecule has 0 aromatic carbocycles. The Hall–Kier alpha value is -3.14. The number of nitrogens with two attached hydrogens (primary N) is 1. The van der Waals surface area contributed by atoms with Crippen LogP contribution in [0.5, 0.6) is 0 Å². The van der Waals surface area contributed by atoms with E-state index in [1.165, 1.54) is 0 Å². The van der Waals surface area contributed by atoms with Gasteiger partial charge < -0.3 is 16.0 Å². The van der Waals surface area contributed by atoms with Crippen molar-refractivity contribution in [3.05, 3.63) is 35.9 Å². The number of nitrogen functional groups attached to an aromatic ring is 1. The van der Waals surface area contributed by atoms with E-state index in [-0.39, 0.29) is 0 Å². The Morgan fingerprint density at radius 3 is 3.00 bits per heavy atom. The highest BCUT2D eigenvalue weighted by molar-refractivity contribution is 5.87. The zero-order chi connectivity index (χ0) is 14.8. The van der Waals surface area contributed by atoms with Crippen LogP contribution in [0.15, 0.2) is 24.7 Å². The first-order valence-corrected chi connectivity index (χ1v) is 6.47. The lowest BCUT2D eigenvalue weighted by Gasteiger charge is -2.10. The van der Waals surface area contributed by atoms with Crippen molar-refractivity contribution in [2.75, 3.05) is 11.1 Å². The Kier molecular flexibility index (Phi) is 3.12. The van der Waals surface area contributed by atoms with Crippen LogP contribution in [0.25, 0.3) is 11.0 Å². The number of aromatic amines is 1. The molecule has 104 valence electrons. The number of fused-ring (bicyclic) bond motifs is 1. The largest absolute Gasteiger partial charge is 0.382 e. The third-order valence-corrected chi connectivity index (χ3v) is 3.18. The lowest BCUT2D eigenvalue weighted by atomic mass is 10.1. The number of aromatic nitrogens is 4. The molecule has 0 aliphatic carbocycles. The number of rotatable bonds is 3. The van der Waals surface area contributed by atoms with E-state index in [0.29, 0.717) is 22.8 Å². The number of imidazole rings is 1. The number of pyridine rings is 2. The van der Waals surface area contributed by atoms with E-state index in [9.17, 15) is 0 Å². The van der Waals surface area contributed by atoms with Crippen LogP contribution in [-0.2, 0) is 6.42 Å². The minimum atomic E-state index is 0.357. The van der Waals surface area contributed by atoms with Crippen LogP contribution >= 0.6 is 0 Å². The Balaban J connectivity index is 2.00. The number of H-pyrrole nitrogens is 1. The average Bonchev–Trinajstić information content (AvgIpc) is 2.96. The summed E-state index contributed by atoms with van der Waals surface area (Å²) in [6.45, 7) is 2.02. The highest BCUT2D eigenvalue weighted by atomic mass is 15.0. The van der Waals surface area contributed by atoms with Crippen LogP contribution in [0, 0.1) is 11.3 Å². The predicted molar refractivity (Wildman–Crippen MR) is 79.9 cm³/mol. The maximum Gasteiger partial charge on any atom is 0.154 e. The molecule has 0 saturated carbocycles. The zero-order valence-corrected chi connectivity index (χ0v) is 11.4. The maximum absolute atomic E-state index is 8.90. The molecule has 3 aromatic heterocycles. The number of hydrogen-bond donors (Lipinski definition) is 3. The second-order valence-corrected chi connectivity index (χ2v) is 4.51. The second kappa shape index (κ2) is 5.09. The molecule has 0 spiro atoms. The molecule has 0 aliphatic rings. The molecular weight excluding hydrogens is 266 g/mol. The van der Waals surface area contributed by atoms with Gasteiger partial charge in [-0.1, -0.05) is 6.92 Å². The molecule has 0 atom stereocenters. The summed E-state index contributed by atoms with van der Waals surface area (Å²) in [5.74, 6) is 0.960. The third-order valence-electron chi connectivity index (χ3n) is 3.18. The Labute approximate surface area is 120 Å². The molecule has 3 heterocycles. The van der Waals surface area contributed by atoms with Gasteiger partial charge in [0, 0.05) is 6.07 Å². The molecule has 3 rings (SSSR count). The van der Waals surface area contributed by atoms with Crippen LogP contribution in [-0.4, -0.2) is 19.9 Å². The van der Waals surface area contributed by atoms with Gasteiger partial charge >= 0.3 is 0 Å². The predicted octanol–water partition coefficient (Wildman–Crippen LogP) is 2.11. The third kappa shape index (κ3) is 2.34. The normalized spacial score (nSPS) is 10.5. The summed E-state index contributed by atoms with van der Waals surface area (Å²) in [6, 6.07) is 5.63. The van der Waals surface area contributed by atoms with Gasteiger partial charge in [0.2, 0.25) is 0 Å². The van der Waals surface area contributed by atoms with Crippen LogP contribution < -0.4 is 11.1 Å². The summed E-state index contributed by atoms with van der Waals surface area (Å²) in [5.41, 5.74) is 9.53. The van der Waals surface area contributed by atoms with Gasteiger partial charge in [0.25, 0.3) is 0 Å². The minimum absolute atomic E-state index is 0.357. The summed E-state index contributed by atoms with van der Waals surface area (Å²) in [5, 5.41) is 12.1. The average molecular weight is 279 g/mol. The lowest BCUT2D eigenvalue weighted by Crippen LogP contribution is -2.01. The molecule has 3 aromatic rings. The van der Waals surface area contributed by atoms with Crippen molar-refractivity contribution in [2.45, 2.75) is 13.3 Å². The number of hydrogen-bond acceptors (Lipinski definition) is 6. The molecular formula is C14H13N7. The lowest BCUT2D eigenvalue weighted by molar-refractivity contribution is 1.11. The van der Waals surface area contributed by atoms with Crippen LogP contribution in [0.4, 0.5) is 17.3 Å². The van der Waals surface area contributed by atoms with E-state index in [0.717, 1.165) is 23.2 Å². The van der Waals surface area contributed by atoms with Gasteiger partial charge in [-0.3, -0.25) is 0 Å². The van der Waals surface area contributed by atoms with E-state index in [4.69, 9.17) is 11.0 Å². The highest BCUT2D eigenvalue weighted by Gasteiger charge is 2.08. The molecule has 0 fully saturated rings. The first-order chi connectivity index (χ1) is 10.2. The molecule has 0 amide bonds. The van der Waals surface area contributed by atoms with Crippen molar-refractivity contribution < 1.29 is 0 Å². The molecule has 4 N–H and O–H groups in total. The fourth-order valence-corrected chi connectivity index (χ4v) is 2.14. The molecule has 7 heteroatoms. The SMILES string of the molecule is CCc1cc(C#N)ncc1Nc1cc2[nH]cnc2c(N)n1. The quantitative estimate of drug-likeness (QED) is 0.676. The van der Waals surface area contributed by atoms with Crippen molar-refractivity contribution in [2.24, 2.45) is 0 Å². The van der Waals surface area contributed by atoms with Gasteiger partial charge in [0.15, 0.2) is 5.82 Å². The van der Waals surface area contributed by atoms with E-state index in [1.54, 1.807) is 18.6 Å². The van der Waals surface area contributed by atoms with Crippen LogP contribution in [0.1, 0.15) is 18.2 Å². The topological polar surface area (TPSA) is 116 Å².